The Kier molecular flexibility index (Phi) is 4.47. The molecule has 0 fully saturated rings. The first kappa shape index (κ1) is 13.9. The van der Waals surface area contributed by atoms with Crippen molar-refractivity contribution in [2.45, 2.75) is 33.1 Å². The van der Waals surface area contributed by atoms with Crippen molar-refractivity contribution in [2.75, 3.05) is 0 Å². The number of benzene rings is 1. The molecule has 1 aromatic carbocycles. The fourth-order valence-corrected chi connectivity index (χ4v) is 1.88. The van der Waals surface area contributed by atoms with Gasteiger partial charge >= 0.3 is 0 Å². The van der Waals surface area contributed by atoms with Crippen molar-refractivity contribution in [3.05, 3.63) is 34.3 Å². The Hall–Kier alpha value is -1.14. The van der Waals surface area contributed by atoms with Gasteiger partial charge in [-0.15, -0.1) is 0 Å². The molecule has 0 bridgehead atoms. The molecule has 1 aromatic rings. The van der Waals surface area contributed by atoms with E-state index in [2.05, 4.69) is 22.0 Å². The van der Waals surface area contributed by atoms with E-state index in [1.807, 2.05) is 45.0 Å². The van der Waals surface area contributed by atoms with Crippen LogP contribution in [0.5, 0.6) is 0 Å². The molecule has 0 aliphatic heterocycles. The first-order valence-corrected chi connectivity index (χ1v) is 6.30. The SMILES string of the molecule is CC(C)(C)CC(=O)C(C#N)c1ccc(Br)cc1. The van der Waals surface area contributed by atoms with Crippen LogP contribution in [0.25, 0.3) is 0 Å². The van der Waals surface area contributed by atoms with E-state index in [1.165, 1.54) is 0 Å². The lowest BCUT2D eigenvalue weighted by Gasteiger charge is -2.19. The highest BCUT2D eigenvalue weighted by molar-refractivity contribution is 9.10. The second kappa shape index (κ2) is 5.46. The molecule has 0 spiro atoms. The van der Waals surface area contributed by atoms with Gasteiger partial charge in [-0.2, -0.15) is 5.26 Å². The van der Waals surface area contributed by atoms with Crippen molar-refractivity contribution in [3.8, 4) is 6.07 Å². The Morgan fingerprint density at radius 1 is 1.35 bits per heavy atom. The van der Waals surface area contributed by atoms with Crippen LogP contribution in [0.4, 0.5) is 0 Å². The van der Waals surface area contributed by atoms with Crippen molar-refractivity contribution >= 4 is 21.7 Å². The molecule has 2 nitrogen and oxygen atoms in total. The molecule has 0 saturated carbocycles. The fraction of sp³-hybridized carbons (Fsp3) is 0.429. The molecule has 0 aliphatic carbocycles. The topological polar surface area (TPSA) is 40.9 Å². The van der Waals surface area contributed by atoms with Gasteiger partial charge in [0.1, 0.15) is 5.92 Å². The Balaban J connectivity index is 2.90. The lowest BCUT2D eigenvalue weighted by Crippen LogP contribution is -2.18. The van der Waals surface area contributed by atoms with Crippen LogP contribution in [0.15, 0.2) is 28.7 Å². The number of nitrogens with zero attached hydrogens (tertiary/aromatic N) is 1. The summed E-state index contributed by atoms with van der Waals surface area (Å²) >= 11 is 3.33. The van der Waals surface area contributed by atoms with E-state index in [4.69, 9.17) is 5.26 Å². The molecule has 17 heavy (non-hydrogen) atoms. The second-order valence-corrected chi connectivity index (χ2v) is 6.23. The number of ketones is 1. The highest BCUT2D eigenvalue weighted by Gasteiger charge is 2.24. The third kappa shape index (κ3) is 4.32. The van der Waals surface area contributed by atoms with Gasteiger partial charge in [0.25, 0.3) is 0 Å². The minimum Gasteiger partial charge on any atom is -0.298 e. The van der Waals surface area contributed by atoms with Crippen LogP contribution < -0.4 is 0 Å². The standard InChI is InChI=1S/C14H16BrNO/c1-14(2,3)8-13(17)12(9-16)10-4-6-11(15)7-5-10/h4-7,12H,8H2,1-3H3. The lowest BCUT2D eigenvalue weighted by molar-refractivity contribution is -0.121. The van der Waals surface area contributed by atoms with E-state index >= 15 is 0 Å². The van der Waals surface area contributed by atoms with E-state index in [9.17, 15) is 4.79 Å². The molecule has 0 aliphatic rings. The predicted molar refractivity (Wildman–Crippen MR) is 71.6 cm³/mol. The van der Waals surface area contributed by atoms with E-state index < -0.39 is 5.92 Å². The average Bonchev–Trinajstić information content (AvgIpc) is 2.19. The number of halogens is 1. The molecule has 3 heteroatoms. The van der Waals surface area contributed by atoms with Gasteiger partial charge in [-0.25, -0.2) is 0 Å². The van der Waals surface area contributed by atoms with Crippen molar-refractivity contribution < 1.29 is 4.79 Å². The van der Waals surface area contributed by atoms with Gasteiger partial charge < -0.3 is 0 Å². The largest absolute Gasteiger partial charge is 0.298 e. The Labute approximate surface area is 111 Å². The molecule has 1 atom stereocenters. The number of carbonyl (C=O) groups excluding carboxylic acids is 1. The molecule has 0 N–H and O–H groups in total. The highest BCUT2D eigenvalue weighted by atomic mass is 79.9. The summed E-state index contributed by atoms with van der Waals surface area (Å²) in [5, 5.41) is 9.13. The van der Waals surface area contributed by atoms with Gasteiger partial charge in [-0.05, 0) is 23.1 Å². The van der Waals surface area contributed by atoms with Crippen LogP contribution in [-0.4, -0.2) is 5.78 Å². The zero-order valence-electron chi connectivity index (χ0n) is 10.3. The number of hydrogen-bond donors (Lipinski definition) is 0. The summed E-state index contributed by atoms with van der Waals surface area (Å²) in [5.41, 5.74) is 0.687. The number of nitriles is 1. The Bertz CT molecular complexity index is 437. The van der Waals surface area contributed by atoms with Crippen molar-refractivity contribution in [1.29, 1.82) is 5.26 Å². The highest BCUT2D eigenvalue weighted by Crippen LogP contribution is 2.26. The first-order valence-electron chi connectivity index (χ1n) is 5.51. The van der Waals surface area contributed by atoms with E-state index in [0.29, 0.717) is 6.42 Å². The lowest BCUT2D eigenvalue weighted by atomic mass is 9.84. The maximum absolute atomic E-state index is 12.0. The summed E-state index contributed by atoms with van der Waals surface area (Å²) in [4.78, 5) is 12.0. The molecular formula is C14H16BrNO. The smallest absolute Gasteiger partial charge is 0.154 e. The van der Waals surface area contributed by atoms with Gasteiger partial charge in [0, 0.05) is 10.9 Å². The summed E-state index contributed by atoms with van der Waals surface area (Å²) < 4.78 is 0.946. The monoisotopic (exact) mass is 293 g/mol. The van der Waals surface area contributed by atoms with Crippen LogP contribution in [-0.2, 0) is 4.79 Å². The minimum absolute atomic E-state index is 0.0117. The summed E-state index contributed by atoms with van der Waals surface area (Å²) in [6.45, 7) is 6.00. The van der Waals surface area contributed by atoms with Crippen LogP contribution in [0.3, 0.4) is 0 Å². The van der Waals surface area contributed by atoms with Gasteiger partial charge in [0.2, 0.25) is 0 Å². The number of hydrogen-bond acceptors (Lipinski definition) is 2. The van der Waals surface area contributed by atoms with Gasteiger partial charge in [-0.3, -0.25) is 4.79 Å². The maximum atomic E-state index is 12.0. The number of carbonyl (C=O) groups is 1. The van der Waals surface area contributed by atoms with E-state index in [0.717, 1.165) is 10.0 Å². The fourth-order valence-electron chi connectivity index (χ4n) is 1.61. The molecule has 1 unspecified atom stereocenters. The molecule has 0 radical (unpaired) electrons. The Morgan fingerprint density at radius 3 is 2.29 bits per heavy atom. The minimum atomic E-state index is -0.651. The molecule has 1 rings (SSSR count). The Morgan fingerprint density at radius 2 is 1.88 bits per heavy atom. The molecule has 0 saturated heterocycles. The summed E-state index contributed by atoms with van der Waals surface area (Å²) in [7, 11) is 0. The number of rotatable bonds is 3. The zero-order valence-corrected chi connectivity index (χ0v) is 11.9. The van der Waals surface area contributed by atoms with Crippen LogP contribution in [0.2, 0.25) is 0 Å². The third-order valence-electron chi connectivity index (χ3n) is 2.36. The predicted octanol–water partition coefficient (Wildman–Crippen LogP) is 4.06. The van der Waals surface area contributed by atoms with Crippen LogP contribution in [0, 0.1) is 16.7 Å². The molecule has 90 valence electrons. The first-order chi connectivity index (χ1) is 7.83. The maximum Gasteiger partial charge on any atom is 0.154 e. The third-order valence-corrected chi connectivity index (χ3v) is 2.89. The number of Topliss-reactive ketones (excluding diaryl/α,β-unsaturated/α-hetero) is 1. The zero-order chi connectivity index (χ0) is 13.1. The van der Waals surface area contributed by atoms with Crippen molar-refractivity contribution in [1.82, 2.24) is 0 Å². The molecule has 0 heterocycles. The van der Waals surface area contributed by atoms with Gasteiger partial charge in [-0.1, -0.05) is 48.8 Å². The normalized spacial score (nSPS) is 12.9. The summed E-state index contributed by atoms with van der Waals surface area (Å²) in [6, 6.07) is 9.43. The quantitative estimate of drug-likeness (QED) is 0.843. The van der Waals surface area contributed by atoms with Crippen LogP contribution in [0.1, 0.15) is 38.7 Å². The van der Waals surface area contributed by atoms with Crippen molar-refractivity contribution in [3.63, 3.8) is 0 Å². The van der Waals surface area contributed by atoms with E-state index in [-0.39, 0.29) is 11.2 Å². The van der Waals surface area contributed by atoms with Crippen molar-refractivity contribution in [2.24, 2.45) is 5.41 Å². The van der Waals surface area contributed by atoms with Crippen LogP contribution >= 0.6 is 15.9 Å². The van der Waals surface area contributed by atoms with E-state index in [1.54, 1.807) is 0 Å². The average molecular weight is 294 g/mol. The summed E-state index contributed by atoms with van der Waals surface area (Å²) in [5.74, 6) is -0.662. The second-order valence-electron chi connectivity index (χ2n) is 5.32. The van der Waals surface area contributed by atoms with Gasteiger partial charge in [0.05, 0.1) is 6.07 Å². The molecule has 0 aromatic heterocycles. The summed E-state index contributed by atoms with van der Waals surface area (Å²) in [6.07, 6.45) is 0.418. The van der Waals surface area contributed by atoms with Gasteiger partial charge in [0.15, 0.2) is 5.78 Å². The molecular weight excluding hydrogens is 278 g/mol. The molecule has 0 amide bonds.